The van der Waals surface area contributed by atoms with E-state index in [1.807, 2.05) is 18.2 Å². The number of carbonyl (C=O) groups excluding carboxylic acids is 1. The highest BCUT2D eigenvalue weighted by atomic mass is 32.2. The predicted octanol–water partition coefficient (Wildman–Crippen LogP) is 2.33. The third kappa shape index (κ3) is 3.85. The molecule has 1 aromatic carbocycles. The summed E-state index contributed by atoms with van der Waals surface area (Å²) in [6.45, 7) is 0. The van der Waals surface area contributed by atoms with Crippen molar-refractivity contribution in [2.45, 2.75) is 42.6 Å². The summed E-state index contributed by atoms with van der Waals surface area (Å²) in [5.74, 6) is 2.20. The van der Waals surface area contributed by atoms with Gasteiger partial charge in [0.1, 0.15) is 11.6 Å². The van der Waals surface area contributed by atoms with Crippen molar-refractivity contribution in [2.24, 2.45) is 5.73 Å². The van der Waals surface area contributed by atoms with E-state index in [9.17, 15) is 4.79 Å². The zero-order valence-electron chi connectivity index (χ0n) is 13.1. The van der Waals surface area contributed by atoms with Gasteiger partial charge in [0.05, 0.1) is 7.11 Å². The molecule has 0 saturated heterocycles. The Morgan fingerprint density at radius 1 is 1.39 bits per heavy atom. The van der Waals surface area contributed by atoms with E-state index >= 15 is 0 Å². The van der Waals surface area contributed by atoms with Crippen LogP contribution < -0.4 is 10.5 Å². The lowest BCUT2D eigenvalue weighted by Crippen LogP contribution is -2.13. The predicted molar refractivity (Wildman–Crippen MR) is 88.4 cm³/mol. The lowest BCUT2D eigenvalue weighted by atomic mass is 10.2. The number of para-hydroxylation sites is 1. The Morgan fingerprint density at radius 2 is 2.17 bits per heavy atom. The topological polar surface area (TPSA) is 83.0 Å². The first-order chi connectivity index (χ1) is 11.2. The molecule has 1 aliphatic rings. The number of amides is 1. The quantitative estimate of drug-likeness (QED) is 0.750. The highest BCUT2D eigenvalue weighted by Gasteiger charge is 2.29. The molecule has 1 aliphatic carbocycles. The summed E-state index contributed by atoms with van der Waals surface area (Å²) in [6.07, 6.45) is 3.14. The fourth-order valence-corrected chi connectivity index (χ4v) is 3.49. The number of aromatic nitrogens is 3. The van der Waals surface area contributed by atoms with Gasteiger partial charge in [-0.25, -0.2) is 0 Å². The molecule has 3 rings (SSSR count). The third-order valence-electron chi connectivity index (χ3n) is 3.79. The molecule has 0 aliphatic heterocycles. The molecule has 23 heavy (non-hydrogen) atoms. The minimum absolute atomic E-state index is 0.307. The number of nitrogens with two attached hydrogens (primary N) is 1. The number of ether oxygens (including phenoxy) is 1. The van der Waals surface area contributed by atoms with Crippen LogP contribution in [0.2, 0.25) is 0 Å². The largest absolute Gasteiger partial charge is 0.496 e. The second kappa shape index (κ2) is 7.04. The molecule has 1 saturated carbocycles. The van der Waals surface area contributed by atoms with Crippen molar-refractivity contribution in [3.8, 4) is 5.75 Å². The molecule has 0 spiro atoms. The minimum atomic E-state index is -0.307. The number of methoxy groups -OCH3 is 1. The van der Waals surface area contributed by atoms with E-state index in [1.165, 1.54) is 0 Å². The zero-order valence-corrected chi connectivity index (χ0v) is 13.9. The number of rotatable bonds is 8. The molecule has 7 heteroatoms. The maximum Gasteiger partial charge on any atom is 0.217 e. The number of benzene rings is 1. The molecule has 1 amide bonds. The second-order valence-corrected chi connectivity index (χ2v) is 6.51. The first kappa shape index (κ1) is 15.9. The number of carbonyl (C=O) groups is 1. The molecule has 0 bridgehead atoms. The molecule has 122 valence electrons. The van der Waals surface area contributed by atoms with Crippen molar-refractivity contribution >= 4 is 17.7 Å². The van der Waals surface area contributed by atoms with Gasteiger partial charge in [-0.3, -0.25) is 4.79 Å². The van der Waals surface area contributed by atoms with Crippen LogP contribution in [-0.4, -0.2) is 27.8 Å². The lowest BCUT2D eigenvalue weighted by Gasteiger charge is -2.10. The van der Waals surface area contributed by atoms with Crippen molar-refractivity contribution in [3.63, 3.8) is 0 Å². The van der Waals surface area contributed by atoms with Crippen LogP contribution in [0.3, 0.4) is 0 Å². The van der Waals surface area contributed by atoms with Crippen molar-refractivity contribution < 1.29 is 9.53 Å². The van der Waals surface area contributed by atoms with E-state index in [4.69, 9.17) is 10.5 Å². The van der Waals surface area contributed by atoms with E-state index in [0.29, 0.717) is 18.9 Å². The molecule has 0 unspecified atom stereocenters. The SMILES string of the molecule is COc1ccccc1CSc1nnc(CCC(N)=O)n1C1CC1. The highest BCUT2D eigenvalue weighted by Crippen LogP contribution is 2.39. The average molecular weight is 332 g/mol. The van der Waals surface area contributed by atoms with Gasteiger partial charge >= 0.3 is 0 Å². The Bertz CT molecular complexity index is 697. The van der Waals surface area contributed by atoms with Crippen LogP contribution in [0.1, 0.15) is 36.7 Å². The minimum Gasteiger partial charge on any atom is -0.496 e. The summed E-state index contributed by atoms with van der Waals surface area (Å²) in [4.78, 5) is 11.0. The molecule has 1 heterocycles. The van der Waals surface area contributed by atoms with Crippen LogP contribution in [0.4, 0.5) is 0 Å². The molecular weight excluding hydrogens is 312 g/mol. The fraction of sp³-hybridized carbons (Fsp3) is 0.438. The number of aryl methyl sites for hydroxylation is 1. The molecular formula is C16H20N4O2S. The first-order valence-electron chi connectivity index (χ1n) is 7.66. The van der Waals surface area contributed by atoms with Gasteiger partial charge in [-0.05, 0) is 18.9 Å². The number of hydrogen-bond acceptors (Lipinski definition) is 5. The van der Waals surface area contributed by atoms with Crippen molar-refractivity contribution in [1.82, 2.24) is 14.8 Å². The standard InChI is InChI=1S/C16H20N4O2S/c1-22-13-5-3-2-4-11(13)10-23-16-19-18-15(9-8-14(17)21)20(16)12-6-7-12/h2-5,12H,6-10H2,1H3,(H2,17,21). The van der Waals surface area contributed by atoms with E-state index in [-0.39, 0.29) is 5.91 Å². The van der Waals surface area contributed by atoms with Crippen LogP contribution in [0, 0.1) is 0 Å². The summed E-state index contributed by atoms with van der Waals surface area (Å²) in [6, 6.07) is 8.44. The normalized spacial score (nSPS) is 14.0. The molecule has 0 atom stereocenters. The van der Waals surface area contributed by atoms with Gasteiger partial charge in [-0.1, -0.05) is 30.0 Å². The Kier molecular flexibility index (Phi) is 4.85. The number of primary amides is 1. The van der Waals surface area contributed by atoms with Gasteiger partial charge in [-0.15, -0.1) is 10.2 Å². The van der Waals surface area contributed by atoms with E-state index in [0.717, 1.165) is 40.9 Å². The summed E-state index contributed by atoms with van der Waals surface area (Å²) < 4.78 is 7.56. The Balaban J connectivity index is 1.73. The smallest absolute Gasteiger partial charge is 0.217 e. The highest BCUT2D eigenvalue weighted by molar-refractivity contribution is 7.98. The first-order valence-corrected chi connectivity index (χ1v) is 8.64. The van der Waals surface area contributed by atoms with Crippen LogP contribution in [0.5, 0.6) is 5.75 Å². The third-order valence-corrected chi connectivity index (χ3v) is 4.78. The monoisotopic (exact) mass is 332 g/mol. The van der Waals surface area contributed by atoms with Gasteiger partial charge in [-0.2, -0.15) is 0 Å². The summed E-state index contributed by atoms with van der Waals surface area (Å²) in [5, 5.41) is 9.47. The maximum atomic E-state index is 11.0. The van der Waals surface area contributed by atoms with Crippen LogP contribution >= 0.6 is 11.8 Å². The number of thioether (sulfide) groups is 1. The summed E-state index contributed by atoms with van der Waals surface area (Å²) in [7, 11) is 1.68. The van der Waals surface area contributed by atoms with Crippen LogP contribution in [0.15, 0.2) is 29.4 Å². The maximum absolute atomic E-state index is 11.0. The fourth-order valence-electron chi connectivity index (χ4n) is 2.48. The second-order valence-electron chi connectivity index (χ2n) is 5.57. The van der Waals surface area contributed by atoms with Gasteiger partial charge in [0.25, 0.3) is 0 Å². The Labute approximate surface area is 139 Å². The average Bonchev–Trinajstić information content (AvgIpc) is 3.31. The molecule has 1 fully saturated rings. The number of nitrogens with zero attached hydrogens (tertiary/aromatic N) is 3. The summed E-state index contributed by atoms with van der Waals surface area (Å²) in [5.41, 5.74) is 6.37. The molecule has 1 aromatic heterocycles. The molecule has 2 N–H and O–H groups in total. The number of hydrogen-bond donors (Lipinski definition) is 1. The van der Waals surface area contributed by atoms with Crippen LogP contribution in [0.25, 0.3) is 0 Å². The van der Waals surface area contributed by atoms with Crippen LogP contribution in [-0.2, 0) is 17.0 Å². The van der Waals surface area contributed by atoms with Gasteiger partial charge in [0.2, 0.25) is 5.91 Å². The summed E-state index contributed by atoms with van der Waals surface area (Å²) >= 11 is 1.65. The van der Waals surface area contributed by atoms with Gasteiger partial charge < -0.3 is 15.0 Å². The molecule has 6 nitrogen and oxygen atoms in total. The molecule has 0 radical (unpaired) electrons. The van der Waals surface area contributed by atoms with E-state index in [1.54, 1.807) is 18.9 Å². The van der Waals surface area contributed by atoms with Gasteiger partial charge in [0, 0.05) is 30.2 Å². The van der Waals surface area contributed by atoms with Crippen molar-refractivity contribution in [1.29, 1.82) is 0 Å². The Morgan fingerprint density at radius 3 is 2.87 bits per heavy atom. The molecule has 2 aromatic rings. The van der Waals surface area contributed by atoms with E-state index in [2.05, 4.69) is 20.8 Å². The van der Waals surface area contributed by atoms with E-state index < -0.39 is 0 Å². The zero-order chi connectivity index (χ0) is 16.2. The van der Waals surface area contributed by atoms with Crippen molar-refractivity contribution in [2.75, 3.05) is 7.11 Å². The van der Waals surface area contributed by atoms with Gasteiger partial charge in [0.15, 0.2) is 5.16 Å². The Hall–Kier alpha value is -2.02. The lowest BCUT2D eigenvalue weighted by molar-refractivity contribution is -0.118. The van der Waals surface area contributed by atoms with Crippen molar-refractivity contribution in [3.05, 3.63) is 35.7 Å².